The van der Waals surface area contributed by atoms with Crippen molar-refractivity contribution in [3.05, 3.63) is 22.4 Å². The molecular formula is C8H12N2O2S. The van der Waals surface area contributed by atoms with Crippen molar-refractivity contribution in [1.82, 2.24) is 10.8 Å². The highest BCUT2D eigenvalue weighted by atomic mass is 32.1. The lowest BCUT2D eigenvalue weighted by Gasteiger charge is -2.11. The molecule has 0 bridgehead atoms. The zero-order valence-corrected chi connectivity index (χ0v) is 8.35. The summed E-state index contributed by atoms with van der Waals surface area (Å²) in [5.74, 6) is 0. The van der Waals surface area contributed by atoms with Crippen LogP contribution in [0.1, 0.15) is 17.8 Å². The molecule has 2 N–H and O–H groups in total. The van der Waals surface area contributed by atoms with Crippen molar-refractivity contribution in [2.75, 3.05) is 7.11 Å². The molecule has 0 aliphatic rings. The second-order valence-corrected chi connectivity index (χ2v) is 3.50. The summed E-state index contributed by atoms with van der Waals surface area (Å²) in [6.45, 7) is 1.92. The molecule has 0 spiro atoms. The Kier molecular flexibility index (Phi) is 3.72. The van der Waals surface area contributed by atoms with Crippen LogP contribution in [0.5, 0.6) is 0 Å². The highest BCUT2D eigenvalue weighted by molar-refractivity contribution is 7.10. The Morgan fingerprint density at radius 2 is 2.46 bits per heavy atom. The Hall–Kier alpha value is -1.07. The molecule has 0 saturated heterocycles. The smallest absolute Gasteiger partial charge is 0.329 e. The quantitative estimate of drug-likeness (QED) is 0.729. The Balaban J connectivity index is 2.42. The topological polar surface area (TPSA) is 50.4 Å². The van der Waals surface area contributed by atoms with Gasteiger partial charge < -0.3 is 5.32 Å². The fourth-order valence-corrected chi connectivity index (χ4v) is 1.66. The molecule has 1 aromatic rings. The van der Waals surface area contributed by atoms with Crippen LogP contribution in [0, 0.1) is 0 Å². The Morgan fingerprint density at radius 1 is 1.69 bits per heavy atom. The second-order valence-electron chi connectivity index (χ2n) is 2.52. The highest BCUT2D eigenvalue weighted by Gasteiger charge is 2.08. The maximum absolute atomic E-state index is 11.0. The molecule has 0 aliphatic heterocycles. The summed E-state index contributed by atoms with van der Waals surface area (Å²) >= 11 is 1.61. The molecule has 0 aromatic carbocycles. The average molecular weight is 200 g/mol. The number of carbonyl (C=O) groups is 1. The first-order valence-electron chi connectivity index (χ1n) is 3.87. The molecule has 72 valence electrons. The van der Waals surface area contributed by atoms with Gasteiger partial charge in [-0.05, 0) is 18.4 Å². The minimum absolute atomic E-state index is 0.00940. The van der Waals surface area contributed by atoms with Gasteiger partial charge in [-0.3, -0.25) is 4.84 Å². The predicted molar refractivity (Wildman–Crippen MR) is 51.4 cm³/mol. The lowest BCUT2D eigenvalue weighted by atomic mass is 10.3. The molecular weight excluding hydrogens is 188 g/mol. The van der Waals surface area contributed by atoms with Crippen LogP contribution in [0.2, 0.25) is 0 Å². The van der Waals surface area contributed by atoms with Crippen molar-refractivity contribution in [2.45, 2.75) is 13.0 Å². The number of amides is 2. The SMILES string of the molecule is CONC(=O)N[C@H](C)c1cccs1. The summed E-state index contributed by atoms with van der Waals surface area (Å²) in [6.07, 6.45) is 0. The van der Waals surface area contributed by atoms with Crippen molar-refractivity contribution < 1.29 is 9.63 Å². The summed E-state index contributed by atoms with van der Waals surface area (Å²) in [6, 6.07) is 3.60. The van der Waals surface area contributed by atoms with E-state index in [1.807, 2.05) is 24.4 Å². The Bertz CT molecular complexity index is 261. The van der Waals surface area contributed by atoms with Gasteiger partial charge in [0.2, 0.25) is 0 Å². The molecule has 1 heterocycles. The zero-order valence-electron chi connectivity index (χ0n) is 7.53. The van der Waals surface area contributed by atoms with E-state index in [4.69, 9.17) is 0 Å². The minimum atomic E-state index is -0.330. The molecule has 1 rings (SSSR count). The van der Waals surface area contributed by atoms with Gasteiger partial charge in [-0.2, -0.15) is 0 Å². The number of hydrogen-bond donors (Lipinski definition) is 2. The molecule has 0 radical (unpaired) electrons. The van der Waals surface area contributed by atoms with E-state index < -0.39 is 0 Å². The van der Waals surface area contributed by atoms with Crippen molar-refractivity contribution in [1.29, 1.82) is 0 Å². The van der Waals surface area contributed by atoms with Gasteiger partial charge in [0.25, 0.3) is 0 Å². The molecule has 0 unspecified atom stereocenters. The van der Waals surface area contributed by atoms with Crippen LogP contribution < -0.4 is 10.8 Å². The van der Waals surface area contributed by atoms with Gasteiger partial charge in [0, 0.05) is 4.88 Å². The zero-order chi connectivity index (χ0) is 9.68. The van der Waals surface area contributed by atoms with E-state index in [1.54, 1.807) is 11.3 Å². The Morgan fingerprint density at radius 3 is 3.00 bits per heavy atom. The maximum atomic E-state index is 11.0. The van der Waals surface area contributed by atoms with Gasteiger partial charge in [0.05, 0.1) is 13.2 Å². The molecule has 1 atom stereocenters. The summed E-state index contributed by atoms with van der Waals surface area (Å²) in [4.78, 5) is 16.6. The van der Waals surface area contributed by atoms with Gasteiger partial charge in [0.1, 0.15) is 0 Å². The van der Waals surface area contributed by atoms with Crippen molar-refractivity contribution in [3.63, 3.8) is 0 Å². The van der Waals surface area contributed by atoms with Crippen LogP contribution in [0.3, 0.4) is 0 Å². The van der Waals surface area contributed by atoms with E-state index in [0.717, 1.165) is 4.88 Å². The van der Waals surface area contributed by atoms with E-state index in [2.05, 4.69) is 15.6 Å². The standard InChI is InChI=1S/C8H12N2O2S/c1-6(7-4-3-5-13-7)9-8(11)10-12-2/h3-6H,1-2H3,(H2,9,10,11)/t6-/m1/s1. The van der Waals surface area contributed by atoms with Crippen LogP contribution in [0.25, 0.3) is 0 Å². The lowest BCUT2D eigenvalue weighted by molar-refractivity contribution is 0.106. The van der Waals surface area contributed by atoms with Crippen molar-refractivity contribution in [2.24, 2.45) is 0 Å². The number of thiophene rings is 1. The first-order valence-corrected chi connectivity index (χ1v) is 4.75. The van der Waals surface area contributed by atoms with E-state index in [9.17, 15) is 4.79 Å². The number of nitrogens with one attached hydrogen (secondary N) is 2. The monoisotopic (exact) mass is 200 g/mol. The third kappa shape index (κ3) is 3.04. The minimum Gasteiger partial charge on any atom is -0.329 e. The van der Waals surface area contributed by atoms with Crippen LogP contribution in [-0.2, 0) is 4.84 Å². The summed E-state index contributed by atoms with van der Waals surface area (Å²) < 4.78 is 0. The van der Waals surface area contributed by atoms with Gasteiger partial charge in [-0.15, -0.1) is 11.3 Å². The molecule has 13 heavy (non-hydrogen) atoms. The van der Waals surface area contributed by atoms with E-state index in [1.165, 1.54) is 7.11 Å². The van der Waals surface area contributed by atoms with Gasteiger partial charge in [0.15, 0.2) is 0 Å². The summed E-state index contributed by atoms with van der Waals surface area (Å²) in [5.41, 5.74) is 2.19. The highest BCUT2D eigenvalue weighted by Crippen LogP contribution is 2.17. The lowest BCUT2D eigenvalue weighted by Crippen LogP contribution is -2.36. The van der Waals surface area contributed by atoms with Gasteiger partial charge >= 0.3 is 6.03 Å². The first-order chi connectivity index (χ1) is 6.24. The average Bonchev–Trinajstić information content (AvgIpc) is 2.55. The molecule has 0 aliphatic carbocycles. The molecule has 1 aromatic heterocycles. The van der Waals surface area contributed by atoms with Crippen LogP contribution in [0.15, 0.2) is 17.5 Å². The molecule has 5 heteroatoms. The maximum Gasteiger partial charge on any atom is 0.339 e. The van der Waals surface area contributed by atoms with Crippen molar-refractivity contribution in [3.8, 4) is 0 Å². The third-order valence-electron chi connectivity index (χ3n) is 1.51. The number of hydrogen-bond acceptors (Lipinski definition) is 3. The van der Waals surface area contributed by atoms with Gasteiger partial charge in [-0.25, -0.2) is 10.3 Å². The molecule has 4 nitrogen and oxygen atoms in total. The normalized spacial score (nSPS) is 12.2. The molecule has 0 saturated carbocycles. The van der Waals surface area contributed by atoms with Gasteiger partial charge in [-0.1, -0.05) is 6.07 Å². The fraction of sp³-hybridized carbons (Fsp3) is 0.375. The number of carbonyl (C=O) groups excluding carboxylic acids is 1. The second kappa shape index (κ2) is 4.84. The van der Waals surface area contributed by atoms with Crippen LogP contribution in [-0.4, -0.2) is 13.1 Å². The van der Waals surface area contributed by atoms with E-state index in [-0.39, 0.29) is 12.1 Å². The van der Waals surface area contributed by atoms with E-state index in [0.29, 0.717) is 0 Å². The predicted octanol–water partition coefficient (Wildman–Crippen LogP) is 1.67. The van der Waals surface area contributed by atoms with Crippen molar-refractivity contribution >= 4 is 17.4 Å². The summed E-state index contributed by atoms with van der Waals surface area (Å²) in [5, 5.41) is 4.69. The van der Waals surface area contributed by atoms with Crippen LogP contribution in [0.4, 0.5) is 4.79 Å². The van der Waals surface area contributed by atoms with Crippen LogP contribution >= 0.6 is 11.3 Å². The number of urea groups is 1. The molecule has 2 amide bonds. The third-order valence-corrected chi connectivity index (χ3v) is 2.57. The molecule has 0 fully saturated rings. The largest absolute Gasteiger partial charge is 0.339 e. The fourth-order valence-electron chi connectivity index (χ4n) is 0.928. The summed E-state index contributed by atoms with van der Waals surface area (Å²) in [7, 11) is 1.40. The number of hydroxylamine groups is 1. The Labute approximate surface area is 80.9 Å². The van der Waals surface area contributed by atoms with E-state index >= 15 is 0 Å². The number of rotatable bonds is 3. The first kappa shape index (κ1) is 10.0.